The van der Waals surface area contributed by atoms with Gasteiger partial charge >= 0.3 is 0 Å². The van der Waals surface area contributed by atoms with Gasteiger partial charge in [-0.3, -0.25) is 0 Å². The normalized spacial score (nSPS) is 11.9. The number of fused-ring (bicyclic) bond motifs is 4. The Balaban J connectivity index is 2.18. The molecule has 7 heteroatoms. The molecule has 0 radical (unpaired) electrons. The van der Waals surface area contributed by atoms with E-state index in [2.05, 4.69) is 15.2 Å². The van der Waals surface area contributed by atoms with Crippen LogP contribution in [0.2, 0.25) is 5.02 Å². The maximum absolute atomic E-state index is 6.37. The Labute approximate surface area is 141 Å². The number of halogens is 1. The number of hydrogen-bond acceptors (Lipinski definition) is 3. The van der Waals surface area contributed by atoms with Gasteiger partial charge in [0, 0.05) is 10.8 Å². The second-order valence-corrected chi connectivity index (χ2v) is 5.85. The summed E-state index contributed by atoms with van der Waals surface area (Å²) >= 11 is 11.2. The first-order chi connectivity index (χ1) is 11.1. The maximum atomic E-state index is 6.37. The van der Waals surface area contributed by atoms with E-state index in [0.717, 1.165) is 33.2 Å². The van der Waals surface area contributed by atoms with Crippen molar-refractivity contribution in [1.82, 2.24) is 9.97 Å². The predicted molar refractivity (Wildman–Crippen MR) is 96.5 cm³/mol. The number of H-pyrrole nitrogens is 1. The van der Waals surface area contributed by atoms with Gasteiger partial charge in [-0.05, 0) is 30.4 Å². The van der Waals surface area contributed by atoms with E-state index in [-0.39, 0.29) is 5.11 Å². The maximum Gasteiger partial charge on any atom is 0.211 e. The van der Waals surface area contributed by atoms with E-state index in [4.69, 9.17) is 34.5 Å². The predicted octanol–water partition coefficient (Wildman–Crippen LogP) is 4.80. The van der Waals surface area contributed by atoms with Crippen LogP contribution in [0.4, 0.5) is 5.69 Å². The molecule has 0 amide bonds. The van der Waals surface area contributed by atoms with E-state index in [1.165, 1.54) is 0 Å². The van der Waals surface area contributed by atoms with Crippen LogP contribution >= 0.6 is 23.8 Å². The number of hydrogen-bond donors (Lipinski definition) is 2. The molecular formula is C16H10ClN5S. The minimum Gasteiger partial charge on any atom is -0.373 e. The number of azo groups is 1. The van der Waals surface area contributed by atoms with Gasteiger partial charge in [0.25, 0.3) is 0 Å². The molecule has 112 valence electrons. The largest absolute Gasteiger partial charge is 0.373 e. The molecule has 0 bridgehead atoms. The van der Waals surface area contributed by atoms with Gasteiger partial charge in [0.15, 0.2) is 0 Å². The minimum atomic E-state index is -0.0340. The van der Waals surface area contributed by atoms with Gasteiger partial charge < -0.3 is 10.7 Å². The number of nitrogens with one attached hydrogen (secondary N) is 1. The first-order valence-electron chi connectivity index (χ1n) is 6.85. The molecule has 4 rings (SSSR count). The topological polar surface area (TPSA) is 79.4 Å². The van der Waals surface area contributed by atoms with Gasteiger partial charge in [0.1, 0.15) is 5.69 Å². The van der Waals surface area contributed by atoms with Gasteiger partial charge in [-0.15, -0.1) is 10.2 Å². The van der Waals surface area contributed by atoms with Crippen molar-refractivity contribution in [2.24, 2.45) is 16.0 Å². The van der Waals surface area contributed by atoms with Crippen LogP contribution in [-0.4, -0.2) is 15.1 Å². The van der Waals surface area contributed by atoms with Gasteiger partial charge in [-0.1, -0.05) is 35.9 Å². The molecule has 0 spiro atoms. The van der Waals surface area contributed by atoms with Crippen LogP contribution in [0.1, 0.15) is 0 Å². The molecule has 2 aromatic carbocycles. The summed E-state index contributed by atoms with van der Waals surface area (Å²) in [5, 5.41) is 10.2. The van der Waals surface area contributed by atoms with Gasteiger partial charge in [-0.2, -0.15) is 0 Å². The van der Waals surface area contributed by atoms with Crippen molar-refractivity contribution >= 4 is 56.4 Å². The van der Waals surface area contributed by atoms with Gasteiger partial charge in [0.2, 0.25) is 5.11 Å². The first kappa shape index (κ1) is 14.0. The third-order valence-electron chi connectivity index (χ3n) is 3.62. The van der Waals surface area contributed by atoms with E-state index in [0.29, 0.717) is 10.7 Å². The molecule has 0 saturated heterocycles. The highest BCUT2D eigenvalue weighted by molar-refractivity contribution is 7.80. The number of rotatable bonds is 1. The molecule has 0 atom stereocenters. The van der Waals surface area contributed by atoms with Crippen molar-refractivity contribution in [3.8, 4) is 11.4 Å². The zero-order valence-electron chi connectivity index (χ0n) is 11.7. The number of nitrogens with two attached hydrogens (primary N) is 1. The molecule has 0 saturated carbocycles. The number of aromatic nitrogens is 2. The van der Waals surface area contributed by atoms with Crippen LogP contribution in [0.5, 0.6) is 0 Å². The van der Waals surface area contributed by atoms with Crippen molar-refractivity contribution in [2.45, 2.75) is 0 Å². The van der Waals surface area contributed by atoms with E-state index < -0.39 is 0 Å². The fourth-order valence-electron chi connectivity index (χ4n) is 2.70. The summed E-state index contributed by atoms with van der Waals surface area (Å²) in [5.41, 5.74) is 9.34. The fraction of sp³-hybridized carbons (Fsp3) is 0. The summed E-state index contributed by atoms with van der Waals surface area (Å²) in [7, 11) is 0. The number of para-hydroxylation sites is 2. The SMILES string of the molecule is NC(=S)N=Nc1c2[nH]c3ccccc3nc-2c2cccc(Cl)c12. The summed E-state index contributed by atoms with van der Waals surface area (Å²) in [6.45, 7) is 0. The molecule has 0 unspecified atom stereocenters. The zero-order chi connectivity index (χ0) is 16.0. The van der Waals surface area contributed by atoms with Crippen molar-refractivity contribution in [1.29, 1.82) is 0 Å². The Kier molecular flexibility index (Phi) is 3.21. The Hall–Kier alpha value is -2.57. The molecule has 3 N–H and O–H groups in total. The van der Waals surface area contributed by atoms with Crippen LogP contribution < -0.4 is 5.73 Å². The van der Waals surface area contributed by atoms with Gasteiger partial charge in [-0.25, -0.2) is 4.98 Å². The zero-order valence-corrected chi connectivity index (χ0v) is 13.3. The van der Waals surface area contributed by atoms with Crippen molar-refractivity contribution in [2.75, 3.05) is 0 Å². The fourth-order valence-corrected chi connectivity index (χ4v) is 3.00. The monoisotopic (exact) mass is 339 g/mol. The second kappa shape index (κ2) is 5.26. The lowest BCUT2D eigenvalue weighted by molar-refractivity contribution is 1.25. The molecular weight excluding hydrogens is 330 g/mol. The minimum absolute atomic E-state index is 0.0340. The summed E-state index contributed by atoms with van der Waals surface area (Å²) < 4.78 is 0. The summed E-state index contributed by atoms with van der Waals surface area (Å²) in [4.78, 5) is 8.10. The molecule has 5 nitrogen and oxygen atoms in total. The standard InChI is InChI=1S/C16H10ClN5S/c17-9-5-3-4-8-12(9)14(21-22-16(18)23)15-13(8)19-10-6-1-2-7-11(10)20-15/h1-7,20H,(H2,18,23). The highest BCUT2D eigenvalue weighted by Crippen LogP contribution is 2.46. The van der Waals surface area contributed by atoms with E-state index in [9.17, 15) is 0 Å². The molecule has 1 heterocycles. The Morgan fingerprint density at radius 1 is 1.17 bits per heavy atom. The molecule has 2 aliphatic rings. The van der Waals surface area contributed by atoms with E-state index in [1.807, 2.05) is 42.5 Å². The number of nitrogens with zero attached hydrogens (tertiary/aromatic N) is 3. The highest BCUT2D eigenvalue weighted by Gasteiger charge is 2.22. The smallest absolute Gasteiger partial charge is 0.211 e. The molecule has 2 aromatic rings. The molecule has 0 aromatic heterocycles. The number of thiocarbonyl (C=S) groups is 1. The Morgan fingerprint density at radius 2 is 2.00 bits per heavy atom. The summed E-state index contributed by atoms with van der Waals surface area (Å²) in [6, 6.07) is 13.4. The lowest BCUT2D eigenvalue weighted by Crippen LogP contribution is -2.01. The van der Waals surface area contributed by atoms with Crippen molar-refractivity contribution < 1.29 is 0 Å². The van der Waals surface area contributed by atoms with Crippen LogP contribution in [0.25, 0.3) is 33.2 Å². The van der Waals surface area contributed by atoms with E-state index in [1.54, 1.807) is 0 Å². The van der Waals surface area contributed by atoms with Crippen LogP contribution in [0.3, 0.4) is 0 Å². The average Bonchev–Trinajstić information content (AvgIpc) is 2.85. The lowest BCUT2D eigenvalue weighted by Gasteiger charge is -2.04. The van der Waals surface area contributed by atoms with E-state index >= 15 is 0 Å². The van der Waals surface area contributed by atoms with Crippen LogP contribution in [0, 0.1) is 0 Å². The molecule has 23 heavy (non-hydrogen) atoms. The van der Waals surface area contributed by atoms with Crippen molar-refractivity contribution in [3.05, 3.63) is 47.5 Å². The summed E-state index contributed by atoms with van der Waals surface area (Å²) in [6.07, 6.45) is 0. The van der Waals surface area contributed by atoms with Crippen LogP contribution in [0.15, 0.2) is 52.7 Å². The van der Waals surface area contributed by atoms with Gasteiger partial charge in [0.05, 0.1) is 27.4 Å². The Bertz CT molecular complexity index is 1070. The number of aromatic amines is 1. The molecule has 1 aliphatic heterocycles. The van der Waals surface area contributed by atoms with Crippen molar-refractivity contribution in [3.63, 3.8) is 0 Å². The highest BCUT2D eigenvalue weighted by atomic mass is 35.5. The third kappa shape index (κ3) is 2.23. The lowest BCUT2D eigenvalue weighted by atomic mass is 10.2. The number of benzene rings is 2. The quantitative estimate of drug-likeness (QED) is 0.386. The molecule has 1 aliphatic carbocycles. The average molecular weight is 340 g/mol. The second-order valence-electron chi connectivity index (χ2n) is 5.03. The third-order valence-corrected chi connectivity index (χ3v) is 4.02. The molecule has 0 fully saturated rings. The first-order valence-corrected chi connectivity index (χ1v) is 7.63. The Morgan fingerprint density at radius 3 is 2.83 bits per heavy atom. The van der Waals surface area contributed by atoms with Crippen LogP contribution in [-0.2, 0) is 0 Å². The summed E-state index contributed by atoms with van der Waals surface area (Å²) in [5.74, 6) is 0.